The molecule has 13 nitrogen and oxygen atoms in total. The van der Waals surface area contributed by atoms with Gasteiger partial charge in [0.05, 0.1) is 19.3 Å². The molecule has 0 radical (unpaired) electrons. The summed E-state index contributed by atoms with van der Waals surface area (Å²) in [6, 6.07) is 11.1. The second kappa shape index (κ2) is 15.1. The smallest absolute Gasteiger partial charge is 0.422 e. The highest BCUT2D eigenvalue weighted by atomic mass is 35.5. The molecule has 3 aromatic rings. The summed E-state index contributed by atoms with van der Waals surface area (Å²) < 4.78 is 52.8. The van der Waals surface area contributed by atoms with Gasteiger partial charge in [0.25, 0.3) is 5.91 Å². The van der Waals surface area contributed by atoms with Crippen LogP contribution in [0, 0.1) is 0 Å². The molecule has 0 bridgehead atoms. The van der Waals surface area contributed by atoms with E-state index in [1.54, 1.807) is 19.1 Å². The number of rotatable bonds is 15. The molecule has 1 fully saturated rings. The van der Waals surface area contributed by atoms with E-state index < -0.39 is 54.0 Å². The van der Waals surface area contributed by atoms with Gasteiger partial charge < -0.3 is 30.2 Å². The predicted molar refractivity (Wildman–Crippen MR) is 161 cm³/mol. The summed E-state index contributed by atoms with van der Waals surface area (Å²) in [4.78, 5) is 60.9. The summed E-state index contributed by atoms with van der Waals surface area (Å²) >= 11 is 6.01. The number of amides is 1. The molecule has 1 saturated carbocycles. The summed E-state index contributed by atoms with van der Waals surface area (Å²) in [6.07, 6.45) is -3.77. The zero-order valence-electron chi connectivity index (χ0n) is 25.2. The molecular weight excluding hydrogens is 649 g/mol. The van der Waals surface area contributed by atoms with E-state index in [-0.39, 0.29) is 36.9 Å². The van der Waals surface area contributed by atoms with Crippen LogP contribution in [0.4, 0.5) is 30.8 Å². The summed E-state index contributed by atoms with van der Waals surface area (Å²) in [5.74, 6) is -3.56. The van der Waals surface area contributed by atoms with Crippen molar-refractivity contribution in [3.05, 3.63) is 64.7 Å². The molecule has 3 N–H and O–H groups in total. The number of hydrogen-bond acceptors (Lipinski definition) is 12. The maximum Gasteiger partial charge on any atom is 0.422 e. The van der Waals surface area contributed by atoms with Crippen molar-refractivity contribution >= 4 is 52.8 Å². The predicted octanol–water partition coefficient (Wildman–Crippen LogP) is 4.49. The van der Waals surface area contributed by atoms with Gasteiger partial charge in [0.1, 0.15) is 6.04 Å². The minimum absolute atomic E-state index is 0.00987. The van der Waals surface area contributed by atoms with Crippen LogP contribution in [0.3, 0.4) is 0 Å². The van der Waals surface area contributed by atoms with Gasteiger partial charge in [0.2, 0.25) is 17.7 Å². The standard InChI is InChI=1S/C30H30ClF3N6O7/c1-3-46-25(44)22(41)13-12-21(24(43)45-2)36-23(42)17-4-10-20(11-5-17)35-26-37-27(39-28(38-26)47-16-30(32,33)34)40-29(14-15-29)18-6-8-19(31)9-7-18/h4-11,21H,3,12-16H2,1-2H3,(H,36,42)(H2,35,37,38,39,40)/t21-/m0/s1. The van der Waals surface area contributed by atoms with Crippen molar-refractivity contribution in [1.29, 1.82) is 0 Å². The highest BCUT2D eigenvalue weighted by Crippen LogP contribution is 2.48. The van der Waals surface area contributed by atoms with Gasteiger partial charge >= 0.3 is 24.1 Å². The number of ketones is 1. The molecule has 2 aromatic carbocycles. The van der Waals surface area contributed by atoms with Gasteiger partial charge in [0, 0.05) is 22.7 Å². The summed E-state index contributed by atoms with van der Waals surface area (Å²) in [5.41, 5.74) is 0.813. The maximum absolute atomic E-state index is 12.9. The number of carbonyl (C=O) groups is 4. The Balaban J connectivity index is 1.47. The van der Waals surface area contributed by atoms with E-state index >= 15 is 0 Å². The number of benzene rings is 2. The largest absolute Gasteiger partial charge is 0.467 e. The lowest BCUT2D eigenvalue weighted by Crippen LogP contribution is -2.42. The molecular formula is C30H30ClF3N6O7. The molecule has 0 unspecified atom stereocenters. The molecule has 1 aliphatic rings. The Kier molecular flexibility index (Phi) is 11.2. The Labute approximate surface area is 271 Å². The molecule has 1 aromatic heterocycles. The lowest BCUT2D eigenvalue weighted by Gasteiger charge is -2.19. The number of Topliss-reactive ketones (excluding diaryl/α,β-unsaturated/α-hetero) is 1. The van der Waals surface area contributed by atoms with Crippen LogP contribution in [-0.4, -0.2) is 71.1 Å². The third-order valence-electron chi connectivity index (χ3n) is 6.84. The van der Waals surface area contributed by atoms with Crippen molar-refractivity contribution in [1.82, 2.24) is 20.3 Å². The van der Waals surface area contributed by atoms with E-state index in [9.17, 15) is 32.3 Å². The van der Waals surface area contributed by atoms with E-state index in [1.807, 2.05) is 12.1 Å². The van der Waals surface area contributed by atoms with Crippen LogP contribution in [-0.2, 0) is 29.4 Å². The number of hydrogen-bond donors (Lipinski definition) is 3. The van der Waals surface area contributed by atoms with Crippen LogP contribution >= 0.6 is 11.6 Å². The molecule has 0 aliphatic heterocycles. The lowest BCUT2D eigenvalue weighted by molar-refractivity contribution is -0.154. The van der Waals surface area contributed by atoms with Crippen molar-refractivity contribution < 1.29 is 46.6 Å². The number of halogens is 4. The van der Waals surface area contributed by atoms with Gasteiger partial charge in [-0.1, -0.05) is 23.7 Å². The van der Waals surface area contributed by atoms with Crippen molar-refractivity contribution in [2.45, 2.75) is 50.4 Å². The van der Waals surface area contributed by atoms with E-state index in [0.717, 1.165) is 12.7 Å². The molecule has 1 aliphatic carbocycles. The summed E-state index contributed by atoms with van der Waals surface area (Å²) in [6.45, 7) is -0.0683. The van der Waals surface area contributed by atoms with E-state index in [1.165, 1.54) is 24.3 Å². The number of alkyl halides is 3. The van der Waals surface area contributed by atoms with Gasteiger partial charge in [-0.25, -0.2) is 9.59 Å². The molecule has 0 spiro atoms. The zero-order chi connectivity index (χ0) is 34.2. The number of methoxy groups -OCH3 is 1. The molecule has 250 valence electrons. The SMILES string of the molecule is CCOC(=O)C(=O)CC[C@H](NC(=O)c1ccc(Nc2nc(NC3(c4ccc(Cl)cc4)CC3)nc(OCC(F)(F)F)n2)cc1)C(=O)OC. The fraction of sp³-hybridized carbons (Fsp3) is 0.367. The quantitative estimate of drug-likeness (QED) is 0.152. The highest BCUT2D eigenvalue weighted by Gasteiger charge is 2.45. The third-order valence-corrected chi connectivity index (χ3v) is 7.09. The Morgan fingerprint density at radius 1 is 0.979 bits per heavy atom. The topological polar surface area (TPSA) is 171 Å². The van der Waals surface area contributed by atoms with Crippen molar-refractivity contribution in [2.75, 3.05) is 31.0 Å². The minimum Gasteiger partial charge on any atom is -0.467 e. The minimum atomic E-state index is -4.63. The van der Waals surface area contributed by atoms with E-state index in [0.29, 0.717) is 23.6 Å². The molecule has 47 heavy (non-hydrogen) atoms. The number of ether oxygens (including phenoxy) is 3. The van der Waals surface area contributed by atoms with Gasteiger partial charge in [-0.3, -0.25) is 9.59 Å². The first-order valence-corrected chi connectivity index (χ1v) is 14.6. The number of esters is 2. The van der Waals surface area contributed by atoms with Crippen LogP contribution < -0.4 is 20.7 Å². The summed E-state index contributed by atoms with van der Waals surface area (Å²) in [5, 5.41) is 9.04. The van der Waals surface area contributed by atoms with Crippen LogP contribution in [0.15, 0.2) is 48.5 Å². The van der Waals surface area contributed by atoms with Gasteiger partial charge in [-0.05, 0) is 68.1 Å². The van der Waals surface area contributed by atoms with E-state index in [2.05, 4.69) is 35.6 Å². The lowest BCUT2D eigenvalue weighted by atomic mass is 10.1. The first kappa shape index (κ1) is 34.9. The average Bonchev–Trinajstić information content (AvgIpc) is 3.82. The fourth-order valence-electron chi connectivity index (χ4n) is 4.33. The Hall–Kier alpha value is -4.99. The molecule has 0 saturated heterocycles. The number of nitrogens with zero attached hydrogens (tertiary/aromatic N) is 3. The first-order valence-electron chi connectivity index (χ1n) is 14.3. The zero-order valence-corrected chi connectivity index (χ0v) is 25.9. The van der Waals surface area contributed by atoms with Crippen LogP contribution in [0.25, 0.3) is 0 Å². The second-order valence-corrected chi connectivity index (χ2v) is 10.8. The van der Waals surface area contributed by atoms with Gasteiger partial charge in [-0.2, -0.15) is 28.1 Å². The number of carbonyl (C=O) groups excluding carboxylic acids is 4. The Morgan fingerprint density at radius 3 is 2.23 bits per heavy atom. The van der Waals surface area contributed by atoms with Crippen LogP contribution in [0.5, 0.6) is 6.01 Å². The number of nitrogens with one attached hydrogen (secondary N) is 3. The first-order chi connectivity index (χ1) is 22.3. The van der Waals surface area contributed by atoms with Crippen LogP contribution in [0.2, 0.25) is 5.02 Å². The fourth-order valence-corrected chi connectivity index (χ4v) is 4.45. The molecule has 4 rings (SSSR count). The van der Waals surface area contributed by atoms with Gasteiger partial charge in [-0.15, -0.1) is 0 Å². The van der Waals surface area contributed by atoms with Crippen molar-refractivity contribution in [3.63, 3.8) is 0 Å². The monoisotopic (exact) mass is 678 g/mol. The van der Waals surface area contributed by atoms with Gasteiger partial charge in [0.15, 0.2) is 6.61 Å². The third kappa shape index (κ3) is 10.00. The van der Waals surface area contributed by atoms with Crippen molar-refractivity contribution in [2.24, 2.45) is 0 Å². The number of anilines is 3. The van der Waals surface area contributed by atoms with E-state index in [4.69, 9.17) is 21.1 Å². The highest BCUT2D eigenvalue weighted by molar-refractivity contribution is 6.33. The maximum atomic E-state index is 12.9. The average molecular weight is 679 g/mol. The molecule has 1 amide bonds. The summed E-state index contributed by atoms with van der Waals surface area (Å²) in [7, 11) is 1.11. The van der Waals surface area contributed by atoms with Crippen molar-refractivity contribution in [3.8, 4) is 6.01 Å². The normalized spacial score (nSPS) is 13.9. The molecule has 1 heterocycles. The number of aromatic nitrogens is 3. The second-order valence-electron chi connectivity index (χ2n) is 10.3. The van der Waals surface area contributed by atoms with Crippen LogP contribution in [0.1, 0.15) is 48.5 Å². The molecule has 17 heteroatoms. The molecule has 1 atom stereocenters. The Morgan fingerprint density at radius 2 is 1.64 bits per heavy atom. The Bertz CT molecular complexity index is 1600.